The standard InChI is InChI=1S/C18H25N3O2S/c1-3-20(12-15-6-4-5-14(2)11-15)13-21-16(22)18(19-17(21)23)7-9-24-10-8-18/h4-6,11H,3,7-10,12-13H2,1-2H3,(H,19,23). The summed E-state index contributed by atoms with van der Waals surface area (Å²) in [6.45, 7) is 6.00. The number of hydrogen-bond acceptors (Lipinski definition) is 4. The van der Waals surface area contributed by atoms with Crippen LogP contribution in [0, 0.1) is 6.92 Å². The molecule has 2 aliphatic heterocycles. The van der Waals surface area contributed by atoms with E-state index in [1.807, 2.05) is 17.8 Å². The van der Waals surface area contributed by atoms with Gasteiger partial charge >= 0.3 is 6.03 Å². The average Bonchev–Trinajstić information content (AvgIpc) is 2.79. The highest BCUT2D eigenvalue weighted by Gasteiger charge is 2.51. The molecule has 0 aromatic heterocycles. The van der Waals surface area contributed by atoms with Crippen LogP contribution >= 0.6 is 11.8 Å². The number of aryl methyl sites for hydroxylation is 1. The number of thioether (sulfide) groups is 1. The molecular weight excluding hydrogens is 322 g/mol. The fraction of sp³-hybridized carbons (Fsp3) is 0.556. The van der Waals surface area contributed by atoms with E-state index in [0.717, 1.165) is 37.4 Å². The van der Waals surface area contributed by atoms with Crippen LogP contribution in [0.4, 0.5) is 4.79 Å². The summed E-state index contributed by atoms with van der Waals surface area (Å²) in [7, 11) is 0. The molecule has 0 atom stereocenters. The first kappa shape index (κ1) is 17.3. The number of benzene rings is 1. The molecule has 3 rings (SSSR count). The summed E-state index contributed by atoms with van der Waals surface area (Å²) in [5.41, 5.74) is 1.77. The van der Waals surface area contributed by atoms with Gasteiger partial charge in [-0.15, -0.1) is 0 Å². The zero-order valence-electron chi connectivity index (χ0n) is 14.4. The second-order valence-electron chi connectivity index (χ2n) is 6.63. The first-order valence-corrected chi connectivity index (χ1v) is 9.69. The largest absolute Gasteiger partial charge is 0.326 e. The Morgan fingerprint density at radius 1 is 1.29 bits per heavy atom. The van der Waals surface area contributed by atoms with Crippen molar-refractivity contribution in [2.75, 3.05) is 24.7 Å². The highest BCUT2D eigenvalue weighted by Crippen LogP contribution is 2.32. The topological polar surface area (TPSA) is 52.6 Å². The van der Waals surface area contributed by atoms with Gasteiger partial charge in [-0.2, -0.15) is 11.8 Å². The van der Waals surface area contributed by atoms with Gasteiger partial charge in [0.1, 0.15) is 5.54 Å². The molecule has 24 heavy (non-hydrogen) atoms. The molecule has 130 valence electrons. The van der Waals surface area contributed by atoms with Crippen molar-refractivity contribution in [3.8, 4) is 0 Å². The summed E-state index contributed by atoms with van der Waals surface area (Å²) < 4.78 is 0. The highest BCUT2D eigenvalue weighted by molar-refractivity contribution is 7.99. The molecule has 0 saturated carbocycles. The van der Waals surface area contributed by atoms with Gasteiger partial charge in [0, 0.05) is 6.54 Å². The van der Waals surface area contributed by atoms with Crippen LogP contribution in [0.1, 0.15) is 30.9 Å². The lowest BCUT2D eigenvalue weighted by Crippen LogP contribution is -2.50. The van der Waals surface area contributed by atoms with E-state index in [1.165, 1.54) is 16.0 Å². The molecule has 1 N–H and O–H groups in total. The molecule has 2 aliphatic rings. The Balaban J connectivity index is 1.69. The summed E-state index contributed by atoms with van der Waals surface area (Å²) >= 11 is 1.85. The minimum atomic E-state index is -0.648. The van der Waals surface area contributed by atoms with Crippen LogP contribution in [-0.2, 0) is 11.3 Å². The van der Waals surface area contributed by atoms with Crippen molar-refractivity contribution in [1.82, 2.24) is 15.1 Å². The third-order valence-electron chi connectivity index (χ3n) is 4.87. The van der Waals surface area contributed by atoms with E-state index >= 15 is 0 Å². The lowest BCUT2D eigenvalue weighted by atomic mass is 9.92. The Kier molecular flexibility index (Phi) is 5.15. The lowest BCUT2D eigenvalue weighted by molar-refractivity contribution is -0.133. The van der Waals surface area contributed by atoms with Crippen molar-refractivity contribution >= 4 is 23.7 Å². The number of nitrogens with zero attached hydrogens (tertiary/aromatic N) is 2. The van der Waals surface area contributed by atoms with Gasteiger partial charge in [-0.25, -0.2) is 9.69 Å². The summed E-state index contributed by atoms with van der Waals surface area (Å²) in [4.78, 5) is 28.8. The fourth-order valence-corrected chi connectivity index (χ4v) is 4.58. The molecule has 0 unspecified atom stereocenters. The number of imide groups is 1. The molecule has 2 fully saturated rings. The van der Waals surface area contributed by atoms with Crippen LogP contribution < -0.4 is 5.32 Å². The predicted octanol–water partition coefficient (Wildman–Crippen LogP) is 2.59. The molecule has 0 radical (unpaired) electrons. The van der Waals surface area contributed by atoms with Crippen LogP contribution in [0.2, 0.25) is 0 Å². The van der Waals surface area contributed by atoms with Crippen molar-refractivity contribution in [2.45, 2.75) is 38.8 Å². The Bertz CT molecular complexity index is 628. The Morgan fingerprint density at radius 2 is 2.04 bits per heavy atom. The normalized spacial score (nSPS) is 20.0. The average molecular weight is 347 g/mol. The van der Waals surface area contributed by atoms with Crippen LogP contribution in [0.5, 0.6) is 0 Å². The number of amides is 3. The van der Waals surface area contributed by atoms with E-state index in [0.29, 0.717) is 6.67 Å². The minimum Gasteiger partial charge on any atom is -0.323 e. The lowest BCUT2D eigenvalue weighted by Gasteiger charge is -2.31. The molecule has 2 saturated heterocycles. The summed E-state index contributed by atoms with van der Waals surface area (Å²) in [6.07, 6.45) is 1.48. The minimum absolute atomic E-state index is 0.0458. The van der Waals surface area contributed by atoms with Crippen LogP contribution in [0.25, 0.3) is 0 Å². The van der Waals surface area contributed by atoms with E-state index in [-0.39, 0.29) is 11.9 Å². The number of urea groups is 1. The van der Waals surface area contributed by atoms with Crippen LogP contribution in [0.15, 0.2) is 24.3 Å². The first-order valence-electron chi connectivity index (χ1n) is 8.54. The number of carbonyl (C=O) groups is 2. The van der Waals surface area contributed by atoms with Gasteiger partial charge in [-0.3, -0.25) is 9.69 Å². The number of rotatable bonds is 5. The van der Waals surface area contributed by atoms with Gasteiger partial charge in [0.15, 0.2) is 0 Å². The van der Waals surface area contributed by atoms with Gasteiger partial charge in [0.2, 0.25) is 0 Å². The zero-order valence-corrected chi connectivity index (χ0v) is 15.2. The fourth-order valence-electron chi connectivity index (χ4n) is 3.39. The second kappa shape index (κ2) is 7.15. The maximum Gasteiger partial charge on any atom is 0.326 e. The van der Waals surface area contributed by atoms with Crippen molar-refractivity contribution < 1.29 is 9.59 Å². The molecule has 0 aliphatic carbocycles. The zero-order chi connectivity index (χ0) is 17.2. The van der Waals surface area contributed by atoms with E-state index < -0.39 is 5.54 Å². The van der Waals surface area contributed by atoms with Crippen LogP contribution in [-0.4, -0.2) is 52.0 Å². The SMILES string of the molecule is CCN(Cc1cccc(C)c1)CN1C(=O)NC2(CCSCC2)C1=O. The summed E-state index contributed by atoms with van der Waals surface area (Å²) in [5, 5.41) is 2.97. The van der Waals surface area contributed by atoms with E-state index in [9.17, 15) is 9.59 Å². The van der Waals surface area contributed by atoms with Gasteiger partial charge in [-0.05, 0) is 43.4 Å². The number of nitrogens with one attached hydrogen (secondary N) is 1. The molecule has 1 spiro atoms. The van der Waals surface area contributed by atoms with Gasteiger partial charge in [0.05, 0.1) is 6.67 Å². The second-order valence-corrected chi connectivity index (χ2v) is 7.86. The van der Waals surface area contributed by atoms with Crippen molar-refractivity contribution in [3.63, 3.8) is 0 Å². The third kappa shape index (κ3) is 3.44. The third-order valence-corrected chi connectivity index (χ3v) is 5.86. The van der Waals surface area contributed by atoms with Gasteiger partial charge < -0.3 is 5.32 Å². The molecule has 5 nitrogen and oxygen atoms in total. The quantitative estimate of drug-likeness (QED) is 0.832. The maximum atomic E-state index is 12.9. The monoisotopic (exact) mass is 347 g/mol. The van der Waals surface area contributed by atoms with Crippen molar-refractivity contribution in [1.29, 1.82) is 0 Å². The maximum absolute atomic E-state index is 12.9. The number of hydrogen-bond donors (Lipinski definition) is 1. The predicted molar refractivity (Wildman–Crippen MR) is 96.8 cm³/mol. The molecule has 2 heterocycles. The smallest absolute Gasteiger partial charge is 0.323 e. The molecule has 6 heteroatoms. The van der Waals surface area contributed by atoms with Gasteiger partial charge in [-0.1, -0.05) is 36.8 Å². The Labute approximate surface area is 147 Å². The molecular formula is C18H25N3O2S. The highest BCUT2D eigenvalue weighted by atomic mass is 32.2. The summed E-state index contributed by atoms with van der Waals surface area (Å²) in [5.74, 6) is 1.82. The number of carbonyl (C=O) groups excluding carboxylic acids is 2. The summed E-state index contributed by atoms with van der Waals surface area (Å²) in [6, 6.07) is 8.10. The molecule has 0 bridgehead atoms. The molecule has 3 amide bonds. The van der Waals surface area contributed by atoms with Crippen molar-refractivity contribution in [2.24, 2.45) is 0 Å². The van der Waals surface area contributed by atoms with Crippen molar-refractivity contribution in [3.05, 3.63) is 35.4 Å². The van der Waals surface area contributed by atoms with E-state index in [4.69, 9.17) is 0 Å². The van der Waals surface area contributed by atoms with Gasteiger partial charge in [0.25, 0.3) is 5.91 Å². The van der Waals surface area contributed by atoms with E-state index in [2.05, 4.69) is 42.3 Å². The molecule has 1 aromatic rings. The first-order chi connectivity index (χ1) is 11.5. The van der Waals surface area contributed by atoms with E-state index in [1.54, 1.807) is 0 Å². The Hall–Kier alpha value is -1.53. The van der Waals surface area contributed by atoms with Crippen LogP contribution in [0.3, 0.4) is 0 Å². The molecule has 1 aromatic carbocycles. The Morgan fingerprint density at radius 3 is 2.71 bits per heavy atom.